The normalized spacial score (nSPS) is 12.2. The van der Waals surface area contributed by atoms with Crippen molar-refractivity contribution in [2.45, 2.75) is 23.1 Å². The number of nitrogens with one attached hydrogen (secondary N) is 2. The molecule has 28 heavy (non-hydrogen) atoms. The van der Waals surface area contributed by atoms with Crippen LogP contribution in [0.25, 0.3) is 6.08 Å². The number of amides is 1. The monoisotopic (exact) mass is 442 g/mol. The van der Waals surface area contributed by atoms with Crippen molar-refractivity contribution >= 4 is 43.6 Å². The maximum absolute atomic E-state index is 12.1. The summed E-state index contributed by atoms with van der Waals surface area (Å²) in [7, 11) is -7.62. The van der Waals surface area contributed by atoms with Crippen LogP contribution in [0.4, 0.5) is 0 Å². The lowest BCUT2D eigenvalue weighted by Crippen LogP contribution is -2.28. The number of carbonyl (C=O) groups excluding carboxylic acids is 1. The molecule has 0 aliphatic heterocycles. The summed E-state index contributed by atoms with van der Waals surface area (Å²) in [6.45, 7) is 2.19. The Morgan fingerprint density at radius 2 is 1.68 bits per heavy atom. The molecule has 150 valence electrons. The summed E-state index contributed by atoms with van der Waals surface area (Å²) in [5.74, 6) is -0.846. The molecule has 0 atom stereocenters. The molecule has 0 saturated carbocycles. The molecule has 0 saturated heterocycles. The first kappa shape index (κ1) is 22.1. The van der Waals surface area contributed by atoms with E-state index in [0.29, 0.717) is 18.5 Å². The van der Waals surface area contributed by atoms with E-state index in [2.05, 4.69) is 4.72 Å². The van der Waals surface area contributed by atoms with Gasteiger partial charge in [-0.05, 0) is 48.4 Å². The van der Waals surface area contributed by atoms with Gasteiger partial charge in [0.05, 0.1) is 9.79 Å². The first-order chi connectivity index (χ1) is 13.1. The average Bonchev–Trinajstić information content (AvgIpc) is 2.65. The van der Waals surface area contributed by atoms with Gasteiger partial charge in [-0.25, -0.2) is 26.3 Å². The van der Waals surface area contributed by atoms with Gasteiger partial charge in [0.2, 0.25) is 10.0 Å². The lowest BCUT2D eigenvalue weighted by atomic mass is 10.2. The first-order valence-corrected chi connectivity index (χ1v) is 11.6. The van der Waals surface area contributed by atoms with Crippen LogP contribution in [0, 0.1) is 0 Å². The summed E-state index contributed by atoms with van der Waals surface area (Å²) in [5.41, 5.74) is 0.532. The van der Waals surface area contributed by atoms with Crippen LogP contribution in [0.1, 0.15) is 18.9 Å². The summed E-state index contributed by atoms with van der Waals surface area (Å²) in [5, 5.41) is 0.231. The highest BCUT2D eigenvalue weighted by atomic mass is 35.5. The van der Waals surface area contributed by atoms with Crippen molar-refractivity contribution in [1.29, 1.82) is 0 Å². The second kappa shape index (κ2) is 9.33. The molecule has 0 radical (unpaired) electrons. The molecule has 0 aliphatic rings. The van der Waals surface area contributed by atoms with Crippen LogP contribution in [0.15, 0.2) is 64.4 Å². The van der Waals surface area contributed by atoms with Crippen LogP contribution in [0.5, 0.6) is 0 Å². The van der Waals surface area contributed by atoms with Crippen molar-refractivity contribution in [3.63, 3.8) is 0 Å². The topological polar surface area (TPSA) is 109 Å². The number of benzene rings is 2. The molecule has 1 amide bonds. The van der Waals surface area contributed by atoms with Crippen molar-refractivity contribution in [1.82, 2.24) is 9.44 Å². The Hall–Kier alpha value is -2.20. The molecule has 10 heteroatoms. The van der Waals surface area contributed by atoms with Gasteiger partial charge in [-0.3, -0.25) is 4.79 Å². The minimum absolute atomic E-state index is 0.103. The third-order valence-corrected chi connectivity index (χ3v) is 6.56. The molecule has 2 rings (SSSR count). The zero-order chi connectivity index (χ0) is 20.8. The molecule has 0 fully saturated rings. The van der Waals surface area contributed by atoms with Crippen LogP contribution in [0.3, 0.4) is 0 Å². The molecule has 2 N–H and O–H groups in total. The standard InChI is InChI=1S/C18H19ClN2O5S2/c1-2-12-20-27(23,24)16-9-6-14(7-10-16)8-11-18(22)21-28(25,26)17-5-3-4-15(19)13-17/h3-11,13,20H,2,12H2,1H3,(H,21,22). The minimum Gasteiger partial charge on any atom is -0.269 e. The highest BCUT2D eigenvalue weighted by Crippen LogP contribution is 2.15. The molecule has 0 spiro atoms. The van der Waals surface area contributed by atoms with E-state index < -0.39 is 26.0 Å². The number of rotatable bonds is 8. The fraction of sp³-hybridized carbons (Fsp3) is 0.167. The second-order valence-electron chi connectivity index (χ2n) is 5.73. The summed E-state index contributed by atoms with van der Waals surface area (Å²) >= 11 is 5.76. The van der Waals surface area contributed by atoms with Crippen LogP contribution in [0.2, 0.25) is 5.02 Å². The van der Waals surface area contributed by atoms with Crippen LogP contribution in [-0.4, -0.2) is 29.3 Å². The van der Waals surface area contributed by atoms with Crippen molar-refractivity contribution < 1.29 is 21.6 Å². The molecule has 0 bridgehead atoms. The molecule has 0 heterocycles. The van der Waals surface area contributed by atoms with Crippen molar-refractivity contribution in [2.24, 2.45) is 0 Å². The summed E-state index contributed by atoms with van der Waals surface area (Å²) < 4.78 is 52.7. The number of carbonyl (C=O) groups is 1. The van der Waals surface area contributed by atoms with Gasteiger partial charge in [-0.2, -0.15) is 0 Å². The maximum atomic E-state index is 12.1. The van der Waals surface area contributed by atoms with Gasteiger partial charge >= 0.3 is 0 Å². The van der Waals surface area contributed by atoms with E-state index in [1.807, 2.05) is 11.6 Å². The Kier molecular flexibility index (Phi) is 7.36. The van der Waals surface area contributed by atoms with E-state index >= 15 is 0 Å². The molecular formula is C18H19ClN2O5S2. The largest absolute Gasteiger partial charge is 0.269 e. The molecule has 0 aliphatic carbocycles. The minimum atomic E-state index is -4.04. The van der Waals surface area contributed by atoms with E-state index in [1.165, 1.54) is 54.6 Å². The van der Waals surface area contributed by atoms with Gasteiger partial charge in [0.1, 0.15) is 0 Å². The molecule has 2 aromatic rings. The second-order valence-corrected chi connectivity index (χ2v) is 9.61. The zero-order valence-corrected chi connectivity index (χ0v) is 17.3. The molecule has 0 aromatic heterocycles. The van der Waals surface area contributed by atoms with Gasteiger partial charge in [0.25, 0.3) is 15.9 Å². The predicted molar refractivity (Wildman–Crippen MR) is 108 cm³/mol. The molecule has 2 aromatic carbocycles. The number of hydrogen-bond acceptors (Lipinski definition) is 5. The van der Waals surface area contributed by atoms with Gasteiger partial charge in [0, 0.05) is 17.6 Å². The highest BCUT2D eigenvalue weighted by molar-refractivity contribution is 7.90. The Morgan fingerprint density at radius 1 is 1.00 bits per heavy atom. The fourth-order valence-corrected chi connectivity index (χ4v) is 4.49. The van der Waals surface area contributed by atoms with Gasteiger partial charge < -0.3 is 0 Å². The summed E-state index contributed by atoms with van der Waals surface area (Å²) in [6, 6.07) is 11.3. The van der Waals surface area contributed by atoms with E-state index in [1.54, 1.807) is 0 Å². The third kappa shape index (κ3) is 6.16. The van der Waals surface area contributed by atoms with Gasteiger partial charge in [-0.1, -0.05) is 36.7 Å². The van der Waals surface area contributed by atoms with E-state index in [-0.39, 0.29) is 14.8 Å². The molecule has 7 nitrogen and oxygen atoms in total. The summed E-state index contributed by atoms with van der Waals surface area (Å²) in [4.78, 5) is 11.9. The lowest BCUT2D eigenvalue weighted by Gasteiger charge is -2.06. The highest BCUT2D eigenvalue weighted by Gasteiger charge is 2.16. The van der Waals surface area contributed by atoms with E-state index in [4.69, 9.17) is 11.6 Å². The van der Waals surface area contributed by atoms with Crippen LogP contribution >= 0.6 is 11.6 Å². The lowest BCUT2D eigenvalue weighted by molar-refractivity contribution is -0.114. The number of sulfonamides is 2. The number of hydrogen-bond donors (Lipinski definition) is 2. The van der Waals surface area contributed by atoms with Crippen molar-refractivity contribution in [3.05, 3.63) is 65.2 Å². The predicted octanol–water partition coefficient (Wildman–Crippen LogP) is 2.55. The number of halogens is 1. The Bertz CT molecular complexity index is 1080. The molecular weight excluding hydrogens is 424 g/mol. The third-order valence-electron chi connectivity index (χ3n) is 3.50. The van der Waals surface area contributed by atoms with Gasteiger partial charge in [0.15, 0.2) is 0 Å². The maximum Gasteiger partial charge on any atom is 0.264 e. The van der Waals surface area contributed by atoms with Crippen molar-refractivity contribution in [2.75, 3.05) is 6.54 Å². The summed E-state index contributed by atoms with van der Waals surface area (Å²) in [6.07, 6.45) is 3.09. The SMILES string of the molecule is CCCNS(=O)(=O)c1ccc(C=CC(=O)NS(=O)(=O)c2cccc(Cl)c2)cc1. The first-order valence-electron chi connectivity index (χ1n) is 8.24. The van der Waals surface area contributed by atoms with E-state index in [9.17, 15) is 21.6 Å². The van der Waals surface area contributed by atoms with Crippen molar-refractivity contribution in [3.8, 4) is 0 Å². The molecule has 0 unspecified atom stereocenters. The van der Waals surface area contributed by atoms with Gasteiger partial charge in [-0.15, -0.1) is 0 Å². The fourth-order valence-electron chi connectivity index (χ4n) is 2.11. The Balaban J connectivity index is 2.06. The Labute approximate surface area is 169 Å². The Morgan fingerprint density at radius 3 is 2.29 bits per heavy atom. The van der Waals surface area contributed by atoms with Crippen LogP contribution < -0.4 is 9.44 Å². The van der Waals surface area contributed by atoms with E-state index in [0.717, 1.165) is 6.08 Å². The van der Waals surface area contributed by atoms with Crippen LogP contribution in [-0.2, 0) is 24.8 Å². The smallest absolute Gasteiger partial charge is 0.264 e. The zero-order valence-electron chi connectivity index (χ0n) is 14.9. The quantitative estimate of drug-likeness (QED) is 0.610. The average molecular weight is 443 g/mol.